The molecule has 1 fully saturated rings. The van der Waals surface area contributed by atoms with Gasteiger partial charge in [-0.1, -0.05) is 60.8 Å². The number of hydrogen-bond acceptors (Lipinski definition) is 6. The largest absolute Gasteiger partial charge is 0.488 e. The van der Waals surface area contributed by atoms with Crippen LogP contribution < -0.4 is 14.8 Å². The molecule has 0 spiro atoms. The van der Waals surface area contributed by atoms with E-state index in [4.69, 9.17) is 21.1 Å². The number of nitrogens with one attached hydrogen (secondary N) is 1. The third-order valence-corrected chi connectivity index (χ3v) is 8.86. The van der Waals surface area contributed by atoms with Crippen molar-refractivity contribution in [3.05, 3.63) is 112 Å². The van der Waals surface area contributed by atoms with Crippen molar-refractivity contribution in [3.63, 3.8) is 0 Å². The van der Waals surface area contributed by atoms with E-state index in [-0.39, 0.29) is 25.1 Å². The number of nitrogens with zero attached hydrogens (tertiary/aromatic N) is 2. The van der Waals surface area contributed by atoms with Crippen molar-refractivity contribution in [3.8, 4) is 28.7 Å². The molecule has 224 valence electrons. The molecule has 0 aliphatic heterocycles. The molecule has 1 saturated carbocycles. The molecule has 3 aromatic carbocycles. The summed E-state index contributed by atoms with van der Waals surface area (Å²) in [6, 6.07) is 19.9. The molecule has 9 heteroatoms. The number of ether oxygens (including phenoxy) is 2. The second-order valence-corrected chi connectivity index (χ2v) is 11.7. The van der Waals surface area contributed by atoms with Crippen LogP contribution in [-0.4, -0.2) is 21.6 Å². The van der Waals surface area contributed by atoms with Crippen LogP contribution in [0.2, 0.25) is 5.02 Å². The van der Waals surface area contributed by atoms with Crippen molar-refractivity contribution < 1.29 is 23.8 Å². The summed E-state index contributed by atoms with van der Waals surface area (Å²) in [7, 11) is 0. The van der Waals surface area contributed by atoms with Crippen LogP contribution >= 0.6 is 11.6 Å². The van der Waals surface area contributed by atoms with Gasteiger partial charge in [0.2, 0.25) is 0 Å². The molecule has 7 nitrogen and oxygen atoms in total. The van der Waals surface area contributed by atoms with E-state index in [0.717, 1.165) is 36.0 Å². The summed E-state index contributed by atoms with van der Waals surface area (Å²) >= 11 is 6.78. The third-order valence-electron chi connectivity index (χ3n) is 8.57. The average molecular weight is 612 g/mol. The van der Waals surface area contributed by atoms with E-state index < -0.39 is 11.5 Å². The van der Waals surface area contributed by atoms with Crippen LogP contribution in [0.3, 0.4) is 0 Å². The molecule has 6 rings (SSSR count). The molecule has 2 aliphatic carbocycles. The van der Waals surface area contributed by atoms with E-state index >= 15 is 0 Å². The van der Waals surface area contributed by atoms with Gasteiger partial charge in [0.15, 0.2) is 0 Å². The molecule has 2 aliphatic rings. The van der Waals surface area contributed by atoms with E-state index in [1.54, 1.807) is 36.5 Å². The number of rotatable bonds is 10. The van der Waals surface area contributed by atoms with Crippen molar-refractivity contribution in [1.29, 1.82) is 5.26 Å². The van der Waals surface area contributed by atoms with Gasteiger partial charge in [-0.3, -0.25) is 15.1 Å². The van der Waals surface area contributed by atoms with Gasteiger partial charge in [-0.05, 0) is 60.6 Å². The molecule has 4 aromatic rings. The first-order valence-corrected chi connectivity index (χ1v) is 15.1. The number of halogens is 2. The summed E-state index contributed by atoms with van der Waals surface area (Å²) in [6.45, 7) is 0.370. The molecule has 0 unspecified atom stereocenters. The number of carboxylic acids is 1. The Morgan fingerprint density at radius 2 is 1.89 bits per heavy atom. The number of pyridine rings is 1. The van der Waals surface area contributed by atoms with Crippen molar-refractivity contribution in [2.45, 2.75) is 63.3 Å². The topological polar surface area (TPSA) is 104 Å². The second kappa shape index (κ2) is 12.7. The Kier molecular flexibility index (Phi) is 8.51. The first kappa shape index (κ1) is 29.6. The third kappa shape index (κ3) is 5.99. The molecular weight excluding hydrogens is 581 g/mol. The highest BCUT2D eigenvalue weighted by molar-refractivity contribution is 6.32. The van der Waals surface area contributed by atoms with Crippen LogP contribution in [0.25, 0.3) is 11.1 Å². The minimum Gasteiger partial charge on any atom is -0.488 e. The zero-order chi connectivity index (χ0) is 30.7. The molecular formula is C35H31ClFN3O4. The van der Waals surface area contributed by atoms with Gasteiger partial charge in [-0.25, -0.2) is 4.39 Å². The number of fused-ring (bicyclic) bond motifs is 1. The lowest BCUT2D eigenvalue weighted by molar-refractivity contribution is -0.144. The molecule has 1 heterocycles. The number of hydrogen-bond donors (Lipinski definition) is 2. The summed E-state index contributed by atoms with van der Waals surface area (Å²) in [6.07, 6.45) is 7.05. The normalized spacial score (nSPS) is 16.7. The molecule has 0 saturated heterocycles. The van der Waals surface area contributed by atoms with Crippen molar-refractivity contribution in [2.24, 2.45) is 0 Å². The summed E-state index contributed by atoms with van der Waals surface area (Å²) in [5.41, 5.74) is 4.29. The predicted octanol–water partition coefficient (Wildman–Crippen LogP) is 7.55. The fraction of sp³-hybridized carbons (Fsp3) is 0.286. The number of benzene rings is 3. The van der Waals surface area contributed by atoms with Crippen LogP contribution in [0.5, 0.6) is 11.5 Å². The first-order valence-electron chi connectivity index (χ1n) is 14.7. The summed E-state index contributed by atoms with van der Waals surface area (Å²) in [5.74, 6) is -0.219. The van der Waals surface area contributed by atoms with E-state index in [9.17, 15) is 19.6 Å². The van der Waals surface area contributed by atoms with Gasteiger partial charge >= 0.3 is 5.97 Å². The highest BCUT2D eigenvalue weighted by atomic mass is 35.5. The van der Waals surface area contributed by atoms with E-state index in [1.807, 2.05) is 24.3 Å². The highest BCUT2D eigenvalue weighted by Gasteiger charge is 2.41. The van der Waals surface area contributed by atoms with Crippen LogP contribution in [-0.2, 0) is 24.4 Å². The van der Waals surface area contributed by atoms with Gasteiger partial charge in [0, 0.05) is 41.7 Å². The Bertz CT molecular complexity index is 1750. The molecule has 1 atom stereocenters. The summed E-state index contributed by atoms with van der Waals surface area (Å²) < 4.78 is 27.4. The van der Waals surface area contributed by atoms with Crippen molar-refractivity contribution in [1.82, 2.24) is 10.3 Å². The minimum absolute atomic E-state index is 0.138. The van der Waals surface area contributed by atoms with Gasteiger partial charge in [0.1, 0.15) is 41.6 Å². The molecule has 0 radical (unpaired) electrons. The SMILES string of the molecule is N#Cc1cncc(COc2cc(O[C@H]3CCc4c(-c5ccccc5F)cccc43)c(Cl)cc2CNC2(C(=O)O)CCCC2)c1. The molecule has 1 aromatic heterocycles. The van der Waals surface area contributed by atoms with Gasteiger partial charge < -0.3 is 14.6 Å². The summed E-state index contributed by atoms with van der Waals surface area (Å²) in [4.78, 5) is 16.3. The Hall–Kier alpha value is -4.45. The standard InChI is InChI=1S/C35H31ClFN3O4/c36-29-15-24(20-40-35(34(41)42)12-3-4-13-35)32(43-21-23-14-22(17-38)18-39-19-23)16-33(29)44-31-11-10-26-25(7-5-8-28(26)31)27-6-1-2-9-30(27)37/h1-2,5-9,14-16,18-19,31,40H,3-4,10-13,20-21H2,(H,41,42)/t31-/m0/s1. The van der Waals surface area contributed by atoms with Crippen molar-refractivity contribution >= 4 is 17.6 Å². The quantitative estimate of drug-likeness (QED) is 0.191. The zero-order valence-electron chi connectivity index (χ0n) is 24.0. The van der Waals surface area contributed by atoms with Gasteiger partial charge in [0.25, 0.3) is 0 Å². The second-order valence-electron chi connectivity index (χ2n) is 11.3. The van der Waals surface area contributed by atoms with Gasteiger partial charge in [0.05, 0.1) is 10.6 Å². The molecule has 44 heavy (non-hydrogen) atoms. The lowest BCUT2D eigenvalue weighted by Crippen LogP contribution is -2.49. The number of carboxylic acid groups (broad SMARTS) is 1. The monoisotopic (exact) mass is 611 g/mol. The zero-order valence-corrected chi connectivity index (χ0v) is 24.7. The molecule has 2 N–H and O–H groups in total. The average Bonchev–Trinajstić information content (AvgIpc) is 3.69. The van der Waals surface area contributed by atoms with Crippen LogP contribution in [0.1, 0.15) is 66.0 Å². The minimum atomic E-state index is -0.993. The number of carbonyl (C=O) groups is 1. The predicted molar refractivity (Wildman–Crippen MR) is 164 cm³/mol. The summed E-state index contributed by atoms with van der Waals surface area (Å²) in [5, 5.41) is 22.9. The first-order chi connectivity index (χ1) is 21.4. The van der Waals surface area contributed by atoms with E-state index in [0.29, 0.717) is 58.0 Å². The fourth-order valence-corrected chi connectivity index (χ4v) is 6.49. The maximum Gasteiger partial charge on any atom is 0.323 e. The number of aromatic nitrogens is 1. The van der Waals surface area contributed by atoms with Crippen LogP contribution in [0.15, 0.2) is 73.1 Å². The fourth-order valence-electron chi connectivity index (χ4n) is 6.26. The molecule has 0 bridgehead atoms. The van der Waals surface area contributed by atoms with Crippen molar-refractivity contribution in [2.75, 3.05) is 0 Å². The number of aliphatic carboxylic acids is 1. The smallest absolute Gasteiger partial charge is 0.323 e. The number of nitriles is 1. The van der Waals surface area contributed by atoms with Gasteiger partial charge in [-0.15, -0.1) is 0 Å². The lowest BCUT2D eigenvalue weighted by atomic mass is 9.96. The van der Waals surface area contributed by atoms with Crippen LogP contribution in [0.4, 0.5) is 4.39 Å². The molecule has 0 amide bonds. The Morgan fingerprint density at radius 3 is 2.66 bits per heavy atom. The van der Waals surface area contributed by atoms with E-state index in [2.05, 4.69) is 16.4 Å². The van der Waals surface area contributed by atoms with E-state index in [1.165, 1.54) is 12.3 Å². The maximum atomic E-state index is 14.7. The van der Waals surface area contributed by atoms with Gasteiger partial charge in [-0.2, -0.15) is 5.26 Å². The Labute approximate surface area is 260 Å². The van der Waals surface area contributed by atoms with Crippen LogP contribution in [0, 0.1) is 17.1 Å². The highest BCUT2D eigenvalue weighted by Crippen LogP contribution is 2.43. The Morgan fingerprint density at radius 1 is 1.09 bits per heavy atom. The lowest BCUT2D eigenvalue weighted by Gasteiger charge is -2.26. The maximum absolute atomic E-state index is 14.7. The Balaban J connectivity index is 1.29.